The van der Waals surface area contributed by atoms with Crippen LogP contribution in [0.4, 0.5) is 13.2 Å². The number of aryl methyl sites for hydroxylation is 2. The molecule has 4 atom stereocenters. The van der Waals surface area contributed by atoms with Crippen LogP contribution in [0, 0.1) is 25.7 Å². The fourth-order valence-electron chi connectivity index (χ4n) is 6.53. The average Bonchev–Trinajstić information content (AvgIpc) is 3.37. The molecule has 3 aromatic rings. The summed E-state index contributed by atoms with van der Waals surface area (Å²) in [7, 11) is 0. The maximum Gasteiger partial charge on any atom is 0.392 e. The molecule has 4 aliphatic rings. The topological polar surface area (TPSA) is 93.7 Å². The van der Waals surface area contributed by atoms with Crippen molar-refractivity contribution in [3.8, 4) is 0 Å². The van der Waals surface area contributed by atoms with Crippen molar-refractivity contribution in [1.82, 2.24) is 24.9 Å². The number of pyridine rings is 1. The van der Waals surface area contributed by atoms with E-state index in [1.165, 1.54) is 6.07 Å². The van der Waals surface area contributed by atoms with E-state index in [4.69, 9.17) is 19.7 Å². The predicted molar refractivity (Wildman–Crippen MR) is 125 cm³/mol. The molecule has 0 aromatic carbocycles. The molecule has 7 nitrogen and oxygen atoms in total. The first kappa shape index (κ1) is 23.5. The third-order valence-corrected chi connectivity index (χ3v) is 8.42. The third-order valence-electron chi connectivity index (χ3n) is 8.42. The van der Waals surface area contributed by atoms with Crippen molar-refractivity contribution in [2.75, 3.05) is 0 Å². The molecule has 1 N–H and O–H groups in total. The molecule has 7 rings (SSSR count). The van der Waals surface area contributed by atoms with Crippen LogP contribution in [0.15, 0.2) is 23.1 Å². The molecule has 2 bridgehead atoms. The fraction of sp³-hybridized carbons (Fsp3) is 0.577. The Labute approximate surface area is 205 Å². The number of hydrogen-bond acceptors (Lipinski definition) is 6. The first-order valence-electron chi connectivity index (χ1n) is 12.5. The summed E-state index contributed by atoms with van der Waals surface area (Å²) < 4.78 is 47.3. The quantitative estimate of drug-likeness (QED) is 0.546. The number of ether oxygens (including phenoxy) is 1. The lowest BCUT2D eigenvalue weighted by molar-refractivity contribution is -0.180. The zero-order chi connectivity index (χ0) is 25.4. The number of nitrogens with zero attached hydrogens (tertiary/aromatic N) is 4. The Morgan fingerprint density at radius 2 is 1.78 bits per heavy atom. The molecular weight excluding hydrogens is 471 g/mol. The van der Waals surface area contributed by atoms with Crippen LogP contribution in [0.3, 0.4) is 0 Å². The monoisotopic (exact) mass is 499 g/mol. The van der Waals surface area contributed by atoms with Crippen molar-refractivity contribution in [3.05, 3.63) is 57.2 Å². The number of fused-ring (bicyclic) bond motifs is 2. The van der Waals surface area contributed by atoms with Crippen LogP contribution in [0.5, 0.6) is 0 Å². The molecule has 3 saturated carbocycles. The van der Waals surface area contributed by atoms with E-state index in [-0.39, 0.29) is 36.0 Å². The number of halogens is 3. The molecule has 0 radical (unpaired) electrons. The van der Waals surface area contributed by atoms with Crippen molar-refractivity contribution in [2.45, 2.75) is 82.6 Å². The smallest absolute Gasteiger partial charge is 0.370 e. The van der Waals surface area contributed by atoms with E-state index in [9.17, 15) is 18.0 Å². The van der Waals surface area contributed by atoms with Crippen molar-refractivity contribution in [2.24, 2.45) is 11.8 Å². The second-order valence-electron chi connectivity index (χ2n) is 10.9. The maximum absolute atomic E-state index is 13.7. The molecule has 0 spiro atoms. The van der Waals surface area contributed by atoms with Gasteiger partial charge in [0.25, 0.3) is 0 Å². The lowest BCUT2D eigenvalue weighted by atomic mass is 9.67. The molecule has 4 heterocycles. The average molecular weight is 500 g/mol. The van der Waals surface area contributed by atoms with E-state index in [0.717, 1.165) is 17.0 Å². The van der Waals surface area contributed by atoms with E-state index >= 15 is 0 Å². The van der Waals surface area contributed by atoms with Gasteiger partial charge in [0.1, 0.15) is 11.3 Å². The second kappa shape index (κ2) is 8.06. The summed E-state index contributed by atoms with van der Waals surface area (Å²) in [5.74, 6) is -1.12. The SMILES string of the molecule is Cc1nc2nc(C3C[C@@H](C)O[C@@H](c4ccc(=O)[nH]c4)C3)nc(C34CC(C3)[C@@H](C(F)(F)F)C4)c2nc1C. The van der Waals surface area contributed by atoms with Gasteiger partial charge < -0.3 is 9.72 Å². The molecule has 1 unspecified atom stereocenters. The van der Waals surface area contributed by atoms with E-state index < -0.39 is 17.5 Å². The summed E-state index contributed by atoms with van der Waals surface area (Å²) in [5, 5.41) is 0. The maximum atomic E-state index is 13.7. The van der Waals surface area contributed by atoms with Gasteiger partial charge in [-0.25, -0.2) is 19.9 Å². The lowest BCUT2D eigenvalue weighted by Gasteiger charge is -2.39. The zero-order valence-electron chi connectivity index (χ0n) is 20.4. The largest absolute Gasteiger partial charge is 0.392 e. The van der Waals surface area contributed by atoms with Gasteiger partial charge in [-0.05, 0) is 70.4 Å². The Morgan fingerprint density at radius 1 is 1.03 bits per heavy atom. The molecule has 3 aromatic heterocycles. The molecule has 10 heteroatoms. The number of rotatable bonds is 3. The first-order valence-corrected chi connectivity index (χ1v) is 12.5. The standard InChI is InChI=1S/C26H28F3N5O2/c1-12-6-16(7-19(36-12)15-4-5-20(35)30-11-15)23-33-22(21-24(34-23)32-14(3)13(2)31-21)25-8-17(9-25)18(10-25)26(27,28)29/h4-5,11-12,16-19H,6-10H2,1-3H3,(H,30,35)/t12-,16?,17?,18+,19-,25?/m1/s1. The highest BCUT2D eigenvalue weighted by atomic mass is 19.4. The minimum atomic E-state index is -4.20. The molecule has 0 amide bonds. The summed E-state index contributed by atoms with van der Waals surface area (Å²) in [5.41, 5.74) is 3.13. The third kappa shape index (κ3) is 3.81. The molecular formula is C26H28F3N5O2. The number of alkyl halides is 3. The summed E-state index contributed by atoms with van der Waals surface area (Å²) in [4.78, 5) is 33.4. The summed E-state index contributed by atoms with van der Waals surface area (Å²) in [6, 6.07) is 3.23. The molecule has 3 aliphatic carbocycles. The Balaban J connectivity index is 1.42. The summed E-state index contributed by atoms with van der Waals surface area (Å²) in [6.45, 7) is 5.70. The van der Waals surface area contributed by atoms with Gasteiger partial charge in [-0.3, -0.25) is 4.79 Å². The van der Waals surface area contributed by atoms with E-state index in [1.54, 1.807) is 12.3 Å². The second-order valence-corrected chi connectivity index (χ2v) is 10.9. The van der Waals surface area contributed by atoms with Crippen LogP contribution in [0.2, 0.25) is 0 Å². The highest BCUT2D eigenvalue weighted by molar-refractivity contribution is 5.75. The van der Waals surface area contributed by atoms with E-state index in [2.05, 4.69) is 9.97 Å². The van der Waals surface area contributed by atoms with Crippen molar-refractivity contribution < 1.29 is 17.9 Å². The van der Waals surface area contributed by atoms with Gasteiger partial charge in [-0.15, -0.1) is 0 Å². The summed E-state index contributed by atoms with van der Waals surface area (Å²) in [6.07, 6.45) is -0.598. The number of aromatic nitrogens is 5. The van der Waals surface area contributed by atoms with Crippen LogP contribution < -0.4 is 5.56 Å². The normalized spacial score (nSPS) is 32.0. The van der Waals surface area contributed by atoms with Gasteiger partial charge in [-0.2, -0.15) is 13.2 Å². The van der Waals surface area contributed by atoms with Crippen LogP contribution in [-0.4, -0.2) is 37.2 Å². The van der Waals surface area contributed by atoms with Gasteiger partial charge in [0.2, 0.25) is 5.56 Å². The first-order chi connectivity index (χ1) is 17.0. The van der Waals surface area contributed by atoms with Gasteiger partial charge in [-0.1, -0.05) is 0 Å². The molecule has 1 saturated heterocycles. The highest BCUT2D eigenvalue weighted by Crippen LogP contribution is 2.66. The Bertz CT molecular complexity index is 1380. The highest BCUT2D eigenvalue weighted by Gasteiger charge is 2.65. The van der Waals surface area contributed by atoms with Crippen molar-refractivity contribution in [1.29, 1.82) is 0 Å². The minimum absolute atomic E-state index is 0.0471. The number of nitrogens with one attached hydrogen (secondary N) is 1. The van der Waals surface area contributed by atoms with E-state index in [0.29, 0.717) is 48.4 Å². The predicted octanol–water partition coefficient (Wildman–Crippen LogP) is 4.98. The Hall–Kier alpha value is -2.88. The summed E-state index contributed by atoms with van der Waals surface area (Å²) >= 11 is 0. The van der Waals surface area contributed by atoms with Crippen molar-refractivity contribution >= 4 is 11.2 Å². The minimum Gasteiger partial charge on any atom is -0.370 e. The van der Waals surface area contributed by atoms with Crippen LogP contribution in [0.1, 0.15) is 79.5 Å². The molecule has 4 fully saturated rings. The van der Waals surface area contributed by atoms with Gasteiger partial charge in [0.05, 0.1) is 35.2 Å². The van der Waals surface area contributed by atoms with Gasteiger partial charge in [0, 0.05) is 23.6 Å². The number of H-pyrrole nitrogens is 1. The number of hydrogen-bond donors (Lipinski definition) is 1. The Morgan fingerprint density at radius 3 is 2.44 bits per heavy atom. The molecule has 190 valence electrons. The van der Waals surface area contributed by atoms with Crippen LogP contribution in [-0.2, 0) is 10.2 Å². The molecule has 1 aliphatic heterocycles. The zero-order valence-corrected chi connectivity index (χ0v) is 20.4. The van der Waals surface area contributed by atoms with E-state index in [1.807, 2.05) is 20.8 Å². The fourth-order valence-corrected chi connectivity index (χ4v) is 6.53. The Kier molecular flexibility index (Phi) is 5.27. The van der Waals surface area contributed by atoms with Crippen molar-refractivity contribution in [3.63, 3.8) is 0 Å². The lowest BCUT2D eigenvalue weighted by Crippen LogP contribution is -2.35. The molecule has 36 heavy (non-hydrogen) atoms. The van der Waals surface area contributed by atoms with Crippen LogP contribution in [0.25, 0.3) is 11.2 Å². The number of aromatic amines is 1. The van der Waals surface area contributed by atoms with Gasteiger partial charge >= 0.3 is 6.18 Å². The van der Waals surface area contributed by atoms with Crippen LogP contribution >= 0.6 is 0 Å². The van der Waals surface area contributed by atoms with Gasteiger partial charge in [0.15, 0.2) is 5.65 Å².